The first-order valence-electron chi connectivity index (χ1n) is 3.64. The molecule has 0 amide bonds. The lowest BCUT2D eigenvalue weighted by molar-refractivity contribution is 0.480. The zero-order valence-corrected chi connectivity index (χ0v) is 10.3. The van der Waals surface area contributed by atoms with Crippen molar-refractivity contribution >= 4 is 49.6 Å². The lowest BCUT2D eigenvalue weighted by Crippen LogP contribution is -1.77. The number of halogens is 2. The Kier molecular flexibility index (Phi) is 2.46. The smallest absolute Gasteiger partial charge is 0.141 e. The van der Waals surface area contributed by atoms with Crippen LogP contribution in [0.5, 0.6) is 5.75 Å². The van der Waals surface area contributed by atoms with E-state index in [1.165, 1.54) is 0 Å². The van der Waals surface area contributed by atoms with E-state index < -0.39 is 0 Å². The summed E-state index contributed by atoms with van der Waals surface area (Å²) in [5, 5.41) is 10.2. The lowest BCUT2D eigenvalue weighted by atomic mass is 10.3. The number of imidazole rings is 1. The number of rotatable bonds is 1. The van der Waals surface area contributed by atoms with Crippen LogP contribution in [0.1, 0.15) is 5.82 Å². The van der Waals surface area contributed by atoms with Gasteiger partial charge in [0.25, 0.3) is 0 Å². The molecule has 68 valence electrons. The molecule has 1 heterocycles. The van der Waals surface area contributed by atoms with Crippen LogP contribution in [0.25, 0.3) is 11.0 Å². The quantitative estimate of drug-likeness (QED) is 0.612. The van der Waals surface area contributed by atoms with Crippen LogP contribution in [0.15, 0.2) is 12.1 Å². The predicted molar refractivity (Wildman–Crippen MR) is 63.1 cm³/mol. The number of benzene rings is 1. The number of fused-ring (bicyclic) bond motifs is 1. The molecule has 0 bridgehead atoms. The highest BCUT2D eigenvalue weighted by molar-refractivity contribution is 14.1. The summed E-state index contributed by atoms with van der Waals surface area (Å²) in [5.41, 5.74) is 1.54. The minimum atomic E-state index is 0.245. The number of nitrogens with zero attached hydrogens (tertiary/aromatic N) is 1. The maximum absolute atomic E-state index is 9.51. The highest BCUT2D eigenvalue weighted by Crippen LogP contribution is 2.26. The molecule has 5 heteroatoms. The van der Waals surface area contributed by atoms with Crippen LogP contribution in [0, 0.1) is 3.57 Å². The van der Waals surface area contributed by atoms with Gasteiger partial charge < -0.3 is 10.1 Å². The van der Waals surface area contributed by atoms with E-state index in [1.54, 1.807) is 6.07 Å². The molecule has 1 aromatic carbocycles. The van der Waals surface area contributed by atoms with Crippen molar-refractivity contribution in [2.24, 2.45) is 0 Å². The molecule has 0 saturated heterocycles. The fourth-order valence-corrected chi connectivity index (χ4v) is 1.99. The zero-order valence-electron chi connectivity index (χ0n) is 6.51. The lowest BCUT2D eigenvalue weighted by Gasteiger charge is -1.94. The number of hydrogen-bond donors (Lipinski definition) is 2. The molecule has 0 spiro atoms. The molecule has 13 heavy (non-hydrogen) atoms. The van der Waals surface area contributed by atoms with Gasteiger partial charge in [-0.1, -0.05) is 15.9 Å². The van der Waals surface area contributed by atoms with Gasteiger partial charge >= 0.3 is 0 Å². The van der Waals surface area contributed by atoms with E-state index in [2.05, 4.69) is 48.5 Å². The van der Waals surface area contributed by atoms with Gasteiger partial charge in [-0.15, -0.1) is 0 Å². The number of aromatic nitrogens is 2. The van der Waals surface area contributed by atoms with Crippen molar-refractivity contribution < 1.29 is 5.11 Å². The van der Waals surface area contributed by atoms with Crippen molar-refractivity contribution in [1.82, 2.24) is 9.97 Å². The second kappa shape index (κ2) is 3.45. The van der Waals surface area contributed by atoms with Gasteiger partial charge in [-0.2, -0.15) is 0 Å². The van der Waals surface area contributed by atoms with Crippen LogP contribution in [0.4, 0.5) is 0 Å². The molecule has 2 aromatic rings. The molecule has 0 fully saturated rings. The molecule has 2 N–H and O–H groups in total. The van der Waals surface area contributed by atoms with E-state index in [4.69, 9.17) is 0 Å². The summed E-state index contributed by atoms with van der Waals surface area (Å²) >= 11 is 5.50. The summed E-state index contributed by atoms with van der Waals surface area (Å²) in [6.45, 7) is 0. The monoisotopic (exact) mass is 352 g/mol. The molecule has 2 rings (SSSR count). The predicted octanol–water partition coefficient (Wildman–Crippen LogP) is 2.77. The minimum Gasteiger partial charge on any atom is -0.506 e. The second-order valence-electron chi connectivity index (χ2n) is 2.61. The Morgan fingerprint density at radius 2 is 2.31 bits per heavy atom. The largest absolute Gasteiger partial charge is 0.506 e. The molecule has 0 radical (unpaired) electrons. The van der Waals surface area contributed by atoms with E-state index in [-0.39, 0.29) is 5.75 Å². The third-order valence-electron chi connectivity index (χ3n) is 1.75. The van der Waals surface area contributed by atoms with Gasteiger partial charge in [-0.05, 0) is 34.7 Å². The van der Waals surface area contributed by atoms with E-state index in [9.17, 15) is 5.11 Å². The number of nitrogens with one attached hydrogen (secondary N) is 1. The fraction of sp³-hybridized carbons (Fsp3) is 0.125. The Bertz CT molecular complexity index is 416. The summed E-state index contributed by atoms with van der Waals surface area (Å²) in [7, 11) is 0. The summed E-state index contributed by atoms with van der Waals surface area (Å²) in [4.78, 5) is 7.36. The summed E-state index contributed by atoms with van der Waals surface area (Å²) in [6.07, 6.45) is 0. The zero-order chi connectivity index (χ0) is 9.42. The number of phenols is 1. The van der Waals surface area contributed by atoms with Gasteiger partial charge in [0.2, 0.25) is 0 Å². The number of hydrogen-bond acceptors (Lipinski definition) is 2. The van der Waals surface area contributed by atoms with Crippen molar-refractivity contribution in [1.29, 1.82) is 0 Å². The maximum atomic E-state index is 9.51. The standard InChI is InChI=1S/C8H6BrIN2O/c9-3-6-11-7-4(10)1-2-5(13)8(7)12-6/h1-2,13H,3H2,(H,11,12). The molecule has 1 aromatic heterocycles. The molecular weight excluding hydrogens is 347 g/mol. The third kappa shape index (κ3) is 1.54. The van der Waals surface area contributed by atoms with Crippen molar-refractivity contribution in [3.05, 3.63) is 21.5 Å². The van der Waals surface area contributed by atoms with Gasteiger partial charge in [0.15, 0.2) is 0 Å². The highest BCUT2D eigenvalue weighted by Gasteiger charge is 2.08. The molecule has 3 nitrogen and oxygen atoms in total. The molecule has 0 aliphatic rings. The van der Waals surface area contributed by atoms with Crippen molar-refractivity contribution in [3.8, 4) is 5.75 Å². The third-order valence-corrected chi connectivity index (χ3v) is 3.15. The molecule has 0 aliphatic heterocycles. The summed E-state index contributed by atoms with van der Waals surface area (Å²) in [6, 6.07) is 3.51. The van der Waals surface area contributed by atoms with Gasteiger partial charge in [-0.3, -0.25) is 0 Å². The van der Waals surface area contributed by atoms with Crippen molar-refractivity contribution in [3.63, 3.8) is 0 Å². The molecular formula is C8H6BrIN2O. The molecule has 0 atom stereocenters. The Morgan fingerprint density at radius 3 is 2.92 bits per heavy atom. The fourth-order valence-electron chi connectivity index (χ4n) is 1.16. The number of phenolic OH excluding ortho intramolecular Hbond substituents is 1. The van der Waals surface area contributed by atoms with E-state index in [0.29, 0.717) is 10.8 Å². The van der Waals surface area contributed by atoms with E-state index >= 15 is 0 Å². The second-order valence-corrected chi connectivity index (χ2v) is 4.33. The Morgan fingerprint density at radius 1 is 1.54 bits per heavy atom. The number of aromatic amines is 1. The number of alkyl halides is 1. The molecule has 0 aliphatic carbocycles. The summed E-state index contributed by atoms with van der Waals surface area (Å²) < 4.78 is 1.04. The normalized spacial score (nSPS) is 10.9. The Balaban J connectivity index is 2.80. The average Bonchev–Trinajstić information content (AvgIpc) is 2.56. The topological polar surface area (TPSA) is 48.9 Å². The number of aromatic hydroxyl groups is 1. The van der Waals surface area contributed by atoms with Crippen LogP contribution in [-0.4, -0.2) is 15.1 Å². The van der Waals surface area contributed by atoms with E-state index in [1.807, 2.05) is 6.07 Å². The van der Waals surface area contributed by atoms with Gasteiger partial charge in [0.05, 0.1) is 5.33 Å². The van der Waals surface area contributed by atoms with Gasteiger partial charge in [-0.25, -0.2) is 4.98 Å². The average molecular weight is 353 g/mol. The Hall–Kier alpha value is -0.300. The Labute approximate surface area is 96.8 Å². The van der Waals surface area contributed by atoms with Crippen LogP contribution in [0.3, 0.4) is 0 Å². The number of H-pyrrole nitrogens is 1. The first-order valence-corrected chi connectivity index (χ1v) is 5.84. The van der Waals surface area contributed by atoms with Crippen LogP contribution < -0.4 is 0 Å². The first-order chi connectivity index (χ1) is 6.22. The summed E-state index contributed by atoms with van der Waals surface area (Å²) in [5.74, 6) is 1.07. The van der Waals surface area contributed by atoms with E-state index in [0.717, 1.165) is 14.9 Å². The highest BCUT2D eigenvalue weighted by atomic mass is 127. The maximum Gasteiger partial charge on any atom is 0.141 e. The molecule has 0 saturated carbocycles. The van der Waals surface area contributed by atoms with Crippen molar-refractivity contribution in [2.75, 3.05) is 0 Å². The van der Waals surface area contributed by atoms with Crippen LogP contribution >= 0.6 is 38.5 Å². The van der Waals surface area contributed by atoms with Gasteiger partial charge in [0, 0.05) is 3.57 Å². The van der Waals surface area contributed by atoms with Crippen molar-refractivity contribution in [2.45, 2.75) is 5.33 Å². The van der Waals surface area contributed by atoms with Crippen LogP contribution in [-0.2, 0) is 5.33 Å². The van der Waals surface area contributed by atoms with Gasteiger partial charge in [0.1, 0.15) is 22.6 Å². The van der Waals surface area contributed by atoms with Crippen LogP contribution in [0.2, 0.25) is 0 Å². The first kappa shape index (κ1) is 9.26. The SMILES string of the molecule is Oc1ccc(I)c2nc(CBr)[nH]c12. The molecule has 0 unspecified atom stereocenters. The minimum absolute atomic E-state index is 0.245.